The van der Waals surface area contributed by atoms with Crippen LogP contribution in [-0.4, -0.2) is 35.1 Å². The Bertz CT molecular complexity index is 473. The summed E-state index contributed by atoms with van der Waals surface area (Å²) in [6, 6.07) is 0.0391. The van der Waals surface area contributed by atoms with E-state index in [2.05, 4.69) is 9.97 Å². The van der Waals surface area contributed by atoms with Gasteiger partial charge in [0.25, 0.3) is 5.56 Å². The molecule has 6 nitrogen and oxygen atoms in total. The minimum absolute atomic E-state index is 0.0391. The van der Waals surface area contributed by atoms with Crippen LogP contribution in [0.2, 0.25) is 0 Å². The molecule has 100 valence electrons. The first kappa shape index (κ1) is 14.9. The number of ether oxygens (including phenoxy) is 1. The summed E-state index contributed by atoms with van der Waals surface area (Å²) in [6.45, 7) is 6.03. The van der Waals surface area contributed by atoms with Crippen molar-refractivity contribution in [2.75, 3.05) is 18.1 Å². The second kappa shape index (κ2) is 6.72. The van der Waals surface area contributed by atoms with E-state index in [9.17, 15) is 9.59 Å². The molecule has 0 unspecified atom stereocenters. The Kier molecular flexibility index (Phi) is 5.57. The maximum absolute atomic E-state index is 11.5. The minimum atomic E-state index is -0.330. The normalized spacial score (nSPS) is 10.5. The number of esters is 1. The number of carbonyl (C=O) groups excluding carboxylic acids is 1. The molecule has 7 heteroatoms. The molecule has 0 amide bonds. The first-order valence-electron chi connectivity index (χ1n) is 5.62. The monoisotopic (exact) mass is 365 g/mol. The summed E-state index contributed by atoms with van der Waals surface area (Å²) in [6.07, 6.45) is 1.33. The van der Waals surface area contributed by atoms with E-state index in [4.69, 9.17) is 4.74 Å². The van der Waals surface area contributed by atoms with Crippen molar-refractivity contribution in [3.8, 4) is 0 Å². The fraction of sp³-hybridized carbons (Fsp3) is 0.545. The van der Waals surface area contributed by atoms with E-state index in [-0.39, 0.29) is 24.1 Å². The molecule has 0 bridgehead atoms. The highest BCUT2D eigenvalue weighted by molar-refractivity contribution is 14.1. The third kappa shape index (κ3) is 3.69. The van der Waals surface area contributed by atoms with Crippen molar-refractivity contribution in [3.63, 3.8) is 0 Å². The van der Waals surface area contributed by atoms with Crippen LogP contribution in [0.3, 0.4) is 0 Å². The third-order valence-corrected chi connectivity index (χ3v) is 3.25. The fourth-order valence-corrected chi connectivity index (χ4v) is 2.03. The number of aromatic nitrogens is 2. The molecule has 0 saturated heterocycles. The van der Waals surface area contributed by atoms with Gasteiger partial charge in [-0.15, -0.1) is 0 Å². The van der Waals surface area contributed by atoms with Gasteiger partial charge in [0.2, 0.25) is 0 Å². The van der Waals surface area contributed by atoms with Gasteiger partial charge < -0.3 is 14.6 Å². The molecule has 0 aliphatic carbocycles. The van der Waals surface area contributed by atoms with Gasteiger partial charge in [0.05, 0.1) is 12.9 Å². The Hall–Kier alpha value is -1.12. The zero-order valence-electron chi connectivity index (χ0n) is 10.6. The number of hydrogen-bond acceptors (Lipinski definition) is 5. The van der Waals surface area contributed by atoms with Crippen molar-refractivity contribution in [3.05, 3.63) is 20.3 Å². The van der Waals surface area contributed by atoms with E-state index < -0.39 is 0 Å². The summed E-state index contributed by atoms with van der Waals surface area (Å²) >= 11 is 1.92. The third-order valence-electron chi connectivity index (χ3n) is 2.28. The van der Waals surface area contributed by atoms with Gasteiger partial charge in [-0.3, -0.25) is 9.59 Å². The molecule has 0 fully saturated rings. The SMILES string of the molecule is CCOC(=O)CN(c1nc[nH]c(=O)c1I)C(C)C. The molecule has 1 rings (SSSR count). The average Bonchev–Trinajstić information content (AvgIpc) is 2.30. The van der Waals surface area contributed by atoms with Gasteiger partial charge in [0, 0.05) is 6.04 Å². The highest BCUT2D eigenvalue weighted by Gasteiger charge is 2.20. The van der Waals surface area contributed by atoms with Gasteiger partial charge in [-0.25, -0.2) is 4.98 Å². The van der Waals surface area contributed by atoms with E-state index in [0.29, 0.717) is 16.0 Å². The summed E-state index contributed by atoms with van der Waals surface area (Å²) in [5.74, 6) is 0.173. The summed E-state index contributed by atoms with van der Waals surface area (Å²) in [7, 11) is 0. The number of hydrogen-bond donors (Lipinski definition) is 1. The number of aromatic amines is 1. The van der Waals surface area contributed by atoms with E-state index in [1.165, 1.54) is 6.33 Å². The van der Waals surface area contributed by atoms with Crippen LogP contribution in [0.1, 0.15) is 20.8 Å². The van der Waals surface area contributed by atoms with Crippen LogP contribution in [0.25, 0.3) is 0 Å². The van der Waals surface area contributed by atoms with Crippen molar-refractivity contribution >= 4 is 34.4 Å². The summed E-state index contributed by atoms with van der Waals surface area (Å²) in [5.41, 5.74) is -0.213. The summed E-state index contributed by atoms with van der Waals surface area (Å²) in [5, 5.41) is 0. The lowest BCUT2D eigenvalue weighted by Gasteiger charge is -2.27. The van der Waals surface area contributed by atoms with E-state index in [1.54, 1.807) is 11.8 Å². The standard InChI is InChI=1S/C11H16IN3O3/c1-4-18-8(16)5-15(7(2)3)10-9(12)11(17)14-6-13-10/h6-7H,4-5H2,1-3H3,(H,13,14,17). The molecule has 0 aliphatic rings. The van der Waals surface area contributed by atoms with E-state index >= 15 is 0 Å². The average molecular weight is 365 g/mol. The van der Waals surface area contributed by atoms with Crippen molar-refractivity contribution < 1.29 is 9.53 Å². The van der Waals surface area contributed by atoms with Crippen LogP contribution < -0.4 is 10.5 Å². The molecule has 1 aromatic heterocycles. The molecule has 0 spiro atoms. The number of anilines is 1. The van der Waals surface area contributed by atoms with Gasteiger partial charge in [-0.1, -0.05) is 0 Å². The molecule has 0 atom stereocenters. The van der Waals surface area contributed by atoms with Crippen LogP contribution >= 0.6 is 22.6 Å². The molecule has 0 saturated carbocycles. The van der Waals surface area contributed by atoms with Gasteiger partial charge in [-0.2, -0.15) is 0 Å². The topological polar surface area (TPSA) is 75.3 Å². The predicted octanol–water partition coefficient (Wildman–Crippen LogP) is 1.15. The number of halogens is 1. The van der Waals surface area contributed by atoms with Crippen molar-refractivity contribution in [2.24, 2.45) is 0 Å². The maximum Gasteiger partial charge on any atom is 0.325 e. The molecule has 18 heavy (non-hydrogen) atoms. The van der Waals surface area contributed by atoms with Crippen LogP contribution in [0.4, 0.5) is 5.82 Å². The fourth-order valence-electron chi connectivity index (χ4n) is 1.42. The number of carbonyl (C=O) groups is 1. The van der Waals surface area contributed by atoms with Gasteiger partial charge in [0.15, 0.2) is 0 Å². The van der Waals surface area contributed by atoms with Gasteiger partial charge in [-0.05, 0) is 43.4 Å². The largest absolute Gasteiger partial charge is 0.465 e. The Balaban J connectivity index is 3.02. The lowest BCUT2D eigenvalue weighted by Crippen LogP contribution is -2.38. The Labute approximate surface area is 119 Å². The molecular weight excluding hydrogens is 349 g/mol. The zero-order valence-corrected chi connectivity index (χ0v) is 12.7. The molecule has 0 radical (unpaired) electrons. The van der Waals surface area contributed by atoms with Gasteiger partial charge >= 0.3 is 5.97 Å². The lowest BCUT2D eigenvalue weighted by molar-refractivity contribution is -0.141. The number of nitrogens with one attached hydrogen (secondary N) is 1. The Morgan fingerprint density at radius 3 is 2.83 bits per heavy atom. The first-order valence-corrected chi connectivity index (χ1v) is 6.70. The summed E-state index contributed by atoms with van der Waals surface area (Å²) < 4.78 is 5.38. The Morgan fingerprint density at radius 2 is 2.28 bits per heavy atom. The van der Waals surface area contributed by atoms with Crippen molar-refractivity contribution in [2.45, 2.75) is 26.8 Å². The lowest BCUT2D eigenvalue weighted by atomic mass is 10.3. The second-order valence-electron chi connectivity index (χ2n) is 3.90. The highest BCUT2D eigenvalue weighted by Crippen LogP contribution is 2.17. The molecule has 1 N–H and O–H groups in total. The van der Waals surface area contributed by atoms with Crippen molar-refractivity contribution in [1.82, 2.24) is 9.97 Å². The molecule has 0 aliphatic heterocycles. The number of nitrogens with zero attached hydrogens (tertiary/aromatic N) is 2. The van der Waals surface area contributed by atoms with Crippen LogP contribution in [0, 0.1) is 3.57 Å². The summed E-state index contributed by atoms with van der Waals surface area (Å²) in [4.78, 5) is 31.4. The smallest absolute Gasteiger partial charge is 0.325 e. The molecular formula is C11H16IN3O3. The first-order chi connectivity index (χ1) is 8.47. The second-order valence-corrected chi connectivity index (χ2v) is 4.97. The van der Waals surface area contributed by atoms with E-state index in [0.717, 1.165) is 0 Å². The molecule has 0 aromatic carbocycles. The van der Waals surface area contributed by atoms with E-state index in [1.807, 2.05) is 36.4 Å². The van der Waals surface area contributed by atoms with Gasteiger partial charge in [0.1, 0.15) is 15.9 Å². The Morgan fingerprint density at radius 1 is 1.61 bits per heavy atom. The van der Waals surface area contributed by atoms with Crippen LogP contribution in [0.5, 0.6) is 0 Å². The highest BCUT2D eigenvalue weighted by atomic mass is 127. The molecule has 1 aromatic rings. The predicted molar refractivity (Wildman–Crippen MR) is 76.7 cm³/mol. The minimum Gasteiger partial charge on any atom is -0.465 e. The van der Waals surface area contributed by atoms with Crippen molar-refractivity contribution in [1.29, 1.82) is 0 Å². The molecule has 1 heterocycles. The number of rotatable bonds is 5. The number of H-pyrrole nitrogens is 1. The maximum atomic E-state index is 11.5. The zero-order chi connectivity index (χ0) is 13.7. The van der Waals surface area contributed by atoms with Crippen LogP contribution in [-0.2, 0) is 9.53 Å². The quantitative estimate of drug-likeness (QED) is 0.626. The van der Waals surface area contributed by atoms with Crippen LogP contribution in [0.15, 0.2) is 11.1 Å².